The Labute approximate surface area is 167 Å². The normalized spacial score (nSPS) is 11.8. The molecule has 7 heteroatoms. The van der Waals surface area contributed by atoms with E-state index in [9.17, 15) is 5.11 Å². The lowest BCUT2D eigenvalue weighted by Crippen LogP contribution is -1.93. The van der Waals surface area contributed by atoms with Crippen LogP contribution in [-0.2, 0) is 0 Å². The zero-order valence-corrected chi connectivity index (χ0v) is 16.9. The molecule has 0 unspecified atom stereocenters. The fraction of sp³-hybridized carbons (Fsp3) is 0.190. The van der Waals surface area contributed by atoms with E-state index in [0.29, 0.717) is 5.75 Å². The third-order valence-electron chi connectivity index (χ3n) is 4.08. The van der Waals surface area contributed by atoms with E-state index >= 15 is 0 Å². The molecule has 0 radical (unpaired) electrons. The SMILES string of the molecule is COc1ccc(/C=N\N=C(\C)c2sc(-c3ccccc3OC)nc2C)cc1O. The summed E-state index contributed by atoms with van der Waals surface area (Å²) < 4.78 is 10.5. The summed E-state index contributed by atoms with van der Waals surface area (Å²) in [7, 11) is 3.16. The van der Waals surface area contributed by atoms with Gasteiger partial charge in [-0.25, -0.2) is 4.98 Å². The van der Waals surface area contributed by atoms with E-state index in [1.54, 1.807) is 42.9 Å². The number of phenols is 1. The van der Waals surface area contributed by atoms with E-state index in [4.69, 9.17) is 9.47 Å². The molecule has 0 aliphatic carbocycles. The number of aromatic hydroxyl groups is 1. The van der Waals surface area contributed by atoms with E-state index in [-0.39, 0.29) is 5.75 Å². The second kappa shape index (κ2) is 8.67. The highest BCUT2D eigenvalue weighted by Crippen LogP contribution is 2.34. The Hall–Kier alpha value is -3.19. The minimum Gasteiger partial charge on any atom is -0.504 e. The molecule has 1 heterocycles. The van der Waals surface area contributed by atoms with E-state index in [1.165, 1.54) is 7.11 Å². The largest absolute Gasteiger partial charge is 0.504 e. The lowest BCUT2D eigenvalue weighted by Gasteiger charge is -2.04. The molecule has 0 atom stereocenters. The van der Waals surface area contributed by atoms with Gasteiger partial charge in [-0.3, -0.25) is 0 Å². The van der Waals surface area contributed by atoms with Crippen LogP contribution in [0.15, 0.2) is 52.7 Å². The smallest absolute Gasteiger partial charge is 0.160 e. The van der Waals surface area contributed by atoms with Gasteiger partial charge in [-0.05, 0) is 49.7 Å². The molecule has 0 amide bonds. The molecule has 0 fully saturated rings. The van der Waals surface area contributed by atoms with E-state index < -0.39 is 0 Å². The molecule has 3 rings (SSSR count). The highest BCUT2D eigenvalue weighted by atomic mass is 32.1. The molecule has 1 N–H and O–H groups in total. The van der Waals surface area contributed by atoms with Crippen molar-refractivity contribution in [2.45, 2.75) is 13.8 Å². The molecule has 3 aromatic rings. The van der Waals surface area contributed by atoms with Gasteiger partial charge in [-0.1, -0.05) is 12.1 Å². The van der Waals surface area contributed by atoms with Crippen molar-refractivity contribution in [2.75, 3.05) is 14.2 Å². The molecule has 0 saturated heterocycles. The van der Waals surface area contributed by atoms with Crippen molar-refractivity contribution in [3.8, 4) is 27.8 Å². The summed E-state index contributed by atoms with van der Waals surface area (Å²) in [5.41, 5.74) is 3.34. The van der Waals surface area contributed by atoms with E-state index in [0.717, 1.165) is 38.2 Å². The van der Waals surface area contributed by atoms with E-state index in [2.05, 4.69) is 15.2 Å². The Kier molecular flexibility index (Phi) is 6.06. The van der Waals surface area contributed by atoms with Gasteiger partial charge < -0.3 is 14.6 Å². The monoisotopic (exact) mass is 395 g/mol. The molecule has 1 aromatic heterocycles. The number of nitrogens with zero attached hydrogens (tertiary/aromatic N) is 3. The average molecular weight is 395 g/mol. The van der Waals surface area contributed by atoms with Crippen LogP contribution in [0.1, 0.15) is 23.1 Å². The molecule has 0 bridgehead atoms. The Morgan fingerprint density at radius 1 is 1.11 bits per heavy atom. The number of hydrogen-bond acceptors (Lipinski definition) is 7. The zero-order chi connectivity index (χ0) is 20.1. The molecular weight excluding hydrogens is 374 g/mol. The highest BCUT2D eigenvalue weighted by Gasteiger charge is 2.14. The zero-order valence-electron chi connectivity index (χ0n) is 16.1. The van der Waals surface area contributed by atoms with Crippen LogP contribution in [0.4, 0.5) is 0 Å². The number of hydrogen-bond donors (Lipinski definition) is 1. The fourth-order valence-electron chi connectivity index (χ4n) is 2.68. The number of aromatic nitrogens is 1. The summed E-state index contributed by atoms with van der Waals surface area (Å²) >= 11 is 1.55. The van der Waals surface area contributed by atoms with Gasteiger partial charge in [0.25, 0.3) is 0 Å². The van der Waals surface area contributed by atoms with Crippen LogP contribution in [0.2, 0.25) is 0 Å². The lowest BCUT2D eigenvalue weighted by atomic mass is 10.2. The molecule has 6 nitrogen and oxygen atoms in total. The predicted octanol–water partition coefficient (Wildman–Crippen LogP) is 4.68. The standard InChI is InChI=1S/C21H21N3O3S/c1-13-20(28-21(23-13)16-7-5-6-8-18(16)26-3)14(2)24-22-12-15-9-10-19(27-4)17(25)11-15/h5-12,25H,1-4H3/b22-12-,24-14-. The van der Waals surface area contributed by atoms with Crippen molar-refractivity contribution in [1.82, 2.24) is 4.98 Å². The van der Waals surface area contributed by atoms with Gasteiger partial charge >= 0.3 is 0 Å². The first-order valence-corrected chi connectivity index (χ1v) is 9.41. The first-order chi connectivity index (χ1) is 13.5. The van der Waals surface area contributed by atoms with Crippen molar-refractivity contribution < 1.29 is 14.6 Å². The predicted molar refractivity (Wildman–Crippen MR) is 113 cm³/mol. The van der Waals surface area contributed by atoms with Crippen LogP contribution in [0, 0.1) is 6.92 Å². The Balaban J connectivity index is 1.83. The Bertz CT molecular complexity index is 1040. The van der Waals surface area contributed by atoms with Crippen molar-refractivity contribution in [3.05, 3.63) is 58.6 Å². The first kappa shape index (κ1) is 19.6. The number of benzene rings is 2. The first-order valence-electron chi connectivity index (χ1n) is 8.59. The molecule has 144 valence electrons. The lowest BCUT2D eigenvalue weighted by molar-refractivity contribution is 0.373. The molecule has 0 spiro atoms. The fourth-order valence-corrected chi connectivity index (χ4v) is 3.72. The van der Waals surface area contributed by atoms with Crippen molar-refractivity contribution in [2.24, 2.45) is 10.2 Å². The van der Waals surface area contributed by atoms with E-state index in [1.807, 2.05) is 38.1 Å². The van der Waals surface area contributed by atoms with Crippen LogP contribution >= 0.6 is 11.3 Å². The van der Waals surface area contributed by atoms with Gasteiger partial charge in [0, 0.05) is 0 Å². The number of thiazole rings is 1. The quantitative estimate of drug-likeness (QED) is 0.485. The van der Waals surface area contributed by atoms with Gasteiger partial charge in [0.15, 0.2) is 11.5 Å². The topological polar surface area (TPSA) is 76.3 Å². The number of phenolic OH excluding ortho intramolecular Hbond substituents is 1. The number of para-hydroxylation sites is 1. The second-order valence-corrected chi connectivity index (χ2v) is 6.99. The molecule has 0 saturated carbocycles. The number of rotatable bonds is 6. The van der Waals surface area contributed by atoms with Gasteiger partial charge in [-0.2, -0.15) is 10.2 Å². The number of methoxy groups -OCH3 is 2. The average Bonchev–Trinajstić information content (AvgIpc) is 3.09. The minimum atomic E-state index is 0.0619. The minimum absolute atomic E-state index is 0.0619. The van der Waals surface area contributed by atoms with Gasteiger partial charge in [0.05, 0.1) is 42.3 Å². The van der Waals surface area contributed by atoms with Gasteiger partial charge in [0.2, 0.25) is 0 Å². The maximum absolute atomic E-state index is 9.83. The summed E-state index contributed by atoms with van der Waals surface area (Å²) in [4.78, 5) is 5.63. The van der Waals surface area contributed by atoms with Crippen LogP contribution < -0.4 is 9.47 Å². The molecule has 2 aromatic carbocycles. The summed E-state index contributed by atoms with van der Waals surface area (Å²) in [6.45, 7) is 3.85. The molecule has 0 aliphatic rings. The summed E-state index contributed by atoms with van der Waals surface area (Å²) in [6, 6.07) is 12.9. The van der Waals surface area contributed by atoms with Crippen LogP contribution in [0.5, 0.6) is 17.2 Å². The third kappa shape index (κ3) is 4.20. The maximum atomic E-state index is 9.83. The number of aryl methyl sites for hydroxylation is 1. The Morgan fingerprint density at radius 3 is 2.57 bits per heavy atom. The summed E-state index contributed by atoms with van der Waals surface area (Å²) in [5, 5.41) is 19.1. The number of ether oxygens (including phenoxy) is 2. The van der Waals surface area contributed by atoms with Crippen LogP contribution in [-0.4, -0.2) is 36.2 Å². The van der Waals surface area contributed by atoms with Crippen LogP contribution in [0.25, 0.3) is 10.6 Å². The maximum Gasteiger partial charge on any atom is 0.160 e. The molecular formula is C21H21N3O3S. The third-order valence-corrected chi connectivity index (χ3v) is 5.38. The van der Waals surface area contributed by atoms with Crippen molar-refractivity contribution in [3.63, 3.8) is 0 Å². The second-order valence-electron chi connectivity index (χ2n) is 6.00. The van der Waals surface area contributed by atoms with Crippen molar-refractivity contribution in [1.29, 1.82) is 0 Å². The van der Waals surface area contributed by atoms with Crippen molar-refractivity contribution >= 4 is 23.3 Å². The van der Waals surface area contributed by atoms with Gasteiger partial charge in [-0.15, -0.1) is 11.3 Å². The van der Waals surface area contributed by atoms with Crippen LogP contribution in [0.3, 0.4) is 0 Å². The molecule has 0 aliphatic heterocycles. The molecule has 28 heavy (non-hydrogen) atoms. The summed E-state index contributed by atoms with van der Waals surface area (Å²) in [6.07, 6.45) is 1.58. The Morgan fingerprint density at radius 2 is 1.86 bits per heavy atom. The highest BCUT2D eigenvalue weighted by molar-refractivity contribution is 7.17. The van der Waals surface area contributed by atoms with Gasteiger partial charge in [0.1, 0.15) is 10.8 Å². The summed E-state index contributed by atoms with van der Waals surface area (Å²) in [5.74, 6) is 1.27.